The summed E-state index contributed by atoms with van der Waals surface area (Å²) in [6, 6.07) is 4.53. The molecule has 0 saturated heterocycles. The molecule has 3 heteroatoms. The van der Waals surface area contributed by atoms with E-state index in [4.69, 9.17) is 0 Å². The third-order valence-corrected chi connectivity index (χ3v) is 3.00. The van der Waals surface area contributed by atoms with Gasteiger partial charge in [-0.25, -0.2) is 4.98 Å². The second kappa shape index (κ2) is 7.28. The normalized spacial score (nSPS) is 12.5. The molecule has 1 aromatic rings. The average Bonchev–Trinajstić information content (AvgIpc) is 2.37. The van der Waals surface area contributed by atoms with Crippen LogP contribution in [0.15, 0.2) is 18.3 Å². The van der Waals surface area contributed by atoms with E-state index in [1.807, 2.05) is 19.3 Å². The highest BCUT2D eigenvalue weighted by Crippen LogP contribution is 2.23. The predicted molar refractivity (Wildman–Crippen MR) is 74.5 cm³/mol. The minimum absolute atomic E-state index is 0.343. The lowest BCUT2D eigenvalue weighted by Gasteiger charge is -2.26. The van der Waals surface area contributed by atoms with Gasteiger partial charge in [0.25, 0.3) is 0 Å². The standard InChI is InChI=1S/C14H25N3/c1-5-10-17(11-6-2)14-13(12(3)15-4)8-7-9-16-14/h7-9,12,15H,5-6,10-11H2,1-4H3. The van der Waals surface area contributed by atoms with Gasteiger partial charge < -0.3 is 10.2 Å². The summed E-state index contributed by atoms with van der Waals surface area (Å²) in [4.78, 5) is 6.96. The number of rotatable bonds is 7. The third kappa shape index (κ3) is 3.70. The molecule has 0 bridgehead atoms. The summed E-state index contributed by atoms with van der Waals surface area (Å²) in [5.41, 5.74) is 1.29. The van der Waals surface area contributed by atoms with Crippen molar-refractivity contribution in [2.75, 3.05) is 25.0 Å². The quantitative estimate of drug-likeness (QED) is 0.787. The van der Waals surface area contributed by atoms with Crippen molar-refractivity contribution in [3.8, 4) is 0 Å². The zero-order valence-corrected chi connectivity index (χ0v) is 11.5. The van der Waals surface area contributed by atoms with Crippen LogP contribution in [0.3, 0.4) is 0 Å². The summed E-state index contributed by atoms with van der Waals surface area (Å²) in [5, 5.41) is 3.29. The molecule has 1 N–H and O–H groups in total. The van der Waals surface area contributed by atoms with Crippen molar-refractivity contribution in [1.82, 2.24) is 10.3 Å². The molecular weight excluding hydrogens is 210 g/mol. The summed E-state index contributed by atoms with van der Waals surface area (Å²) in [5.74, 6) is 1.14. The zero-order chi connectivity index (χ0) is 12.7. The average molecular weight is 235 g/mol. The molecule has 1 unspecified atom stereocenters. The van der Waals surface area contributed by atoms with Gasteiger partial charge in [-0.15, -0.1) is 0 Å². The Morgan fingerprint density at radius 1 is 1.29 bits per heavy atom. The number of aromatic nitrogens is 1. The van der Waals surface area contributed by atoms with E-state index in [1.165, 1.54) is 5.56 Å². The Kier molecular flexibility index (Phi) is 5.98. The van der Waals surface area contributed by atoms with Crippen molar-refractivity contribution in [2.45, 2.75) is 39.7 Å². The molecular formula is C14H25N3. The first kappa shape index (κ1) is 14.0. The molecule has 1 heterocycles. The first-order valence-electron chi connectivity index (χ1n) is 6.61. The molecule has 1 atom stereocenters. The SMILES string of the molecule is CCCN(CCC)c1ncccc1C(C)NC. The van der Waals surface area contributed by atoms with Crippen molar-refractivity contribution in [2.24, 2.45) is 0 Å². The van der Waals surface area contributed by atoms with E-state index in [2.05, 4.69) is 42.0 Å². The van der Waals surface area contributed by atoms with Crippen LogP contribution in [0.25, 0.3) is 0 Å². The zero-order valence-electron chi connectivity index (χ0n) is 11.5. The molecule has 0 amide bonds. The van der Waals surface area contributed by atoms with E-state index < -0.39 is 0 Å². The number of hydrogen-bond acceptors (Lipinski definition) is 3. The van der Waals surface area contributed by atoms with E-state index in [9.17, 15) is 0 Å². The van der Waals surface area contributed by atoms with Gasteiger partial charge >= 0.3 is 0 Å². The molecule has 0 aliphatic carbocycles. The highest BCUT2D eigenvalue weighted by Gasteiger charge is 2.14. The van der Waals surface area contributed by atoms with Crippen LogP contribution in [0.1, 0.15) is 45.2 Å². The van der Waals surface area contributed by atoms with Crippen LogP contribution in [0.5, 0.6) is 0 Å². The Morgan fingerprint density at radius 2 is 1.94 bits per heavy atom. The highest BCUT2D eigenvalue weighted by molar-refractivity contribution is 5.48. The number of nitrogens with one attached hydrogen (secondary N) is 1. The Morgan fingerprint density at radius 3 is 2.47 bits per heavy atom. The maximum atomic E-state index is 4.57. The summed E-state index contributed by atoms with van der Waals surface area (Å²) in [7, 11) is 1.99. The van der Waals surface area contributed by atoms with E-state index >= 15 is 0 Å². The fraction of sp³-hybridized carbons (Fsp3) is 0.643. The van der Waals surface area contributed by atoms with Crippen LogP contribution in [0, 0.1) is 0 Å². The lowest BCUT2D eigenvalue weighted by molar-refractivity contribution is 0.638. The van der Waals surface area contributed by atoms with Crippen LogP contribution in [-0.2, 0) is 0 Å². The van der Waals surface area contributed by atoms with Gasteiger partial charge in [0.1, 0.15) is 5.82 Å². The van der Waals surface area contributed by atoms with Gasteiger partial charge in [-0.05, 0) is 32.9 Å². The third-order valence-electron chi connectivity index (χ3n) is 3.00. The summed E-state index contributed by atoms with van der Waals surface area (Å²) in [6.45, 7) is 8.76. The van der Waals surface area contributed by atoms with Gasteiger partial charge in [-0.1, -0.05) is 19.9 Å². The van der Waals surface area contributed by atoms with Crippen LogP contribution < -0.4 is 10.2 Å². The maximum absolute atomic E-state index is 4.57. The molecule has 0 saturated carbocycles. The topological polar surface area (TPSA) is 28.2 Å². The second-order valence-corrected chi connectivity index (χ2v) is 4.41. The molecule has 0 aromatic carbocycles. The lowest BCUT2D eigenvalue weighted by atomic mass is 10.1. The summed E-state index contributed by atoms with van der Waals surface area (Å²) < 4.78 is 0. The van der Waals surface area contributed by atoms with Gasteiger partial charge in [0.2, 0.25) is 0 Å². The Hall–Kier alpha value is -1.09. The lowest BCUT2D eigenvalue weighted by Crippen LogP contribution is -2.28. The van der Waals surface area contributed by atoms with Crippen LogP contribution in [0.2, 0.25) is 0 Å². The van der Waals surface area contributed by atoms with E-state index in [0.29, 0.717) is 6.04 Å². The second-order valence-electron chi connectivity index (χ2n) is 4.41. The van der Waals surface area contributed by atoms with Crippen molar-refractivity contribution in [3.05, 3.63) is 23.9 Å². The number of hydrogen-bond donors (Lipinski definition) is 1. The maximum Gasteiger partial charge on any atom is 0.133 e. The molecule has 0 radical (unpaired) electrons. The molecule has 1 rings (SSSR count). The first-order chi connectivity index (χ1) is 8.24. The molecule has 0 fully saturated rings. The smallest absolute Gasteiger partial charge is 0.133 e. The molecule has 96 valence electrons. The molecule has 0 spiro atoms. The van der Waals surface area contributed by atoms with E-state index in [-0.39, 0.29) is 0 Å². The molecule has 0 aliphatic rings. The largest absolute Gasteiger partial charge is 0.356 e. The molecule has 0 aliphatic heterocycles. The number of nitrogens with zero attached hydrogens (tertiary/aromatic N) is 2. The van der Waals surface area contributed by atoms with Gasteiger partial charge in [0, 0.05) is 30.9 Å². The van der Waals surface area contributed by atoms with Crippen LogP contribution >= 0.6 is 0 Å². The summed E-state index contributed by atoms with van der Waals surface area (Å²) >= 11 is 0. The van der Waals surface area contributed by atoms with Gasteiger partial charge in [-0.3, -0.25) is 0 Å². The number of anilines is 1. The fourth-order valence-electron chi connectivity index (χ4n) is 2.03. The van der Waals surface area contributed by atoms with Gasteiger partial charge in [0.05, 0.1) is 0 Å². The summed E-state index contributed by atoms with van der Waals surface area (Å²) in [6.07, 6.45) is 4.20. The van der Waals surface area contributed by atoms with Crippen molar-refractivity contribution >= 4 is 5.82 Å². The van der Waals surface area contributed by atoms with Gasteiger partial charge in [0.15, 0.2) is 0 Å². The van der Waals surface area contributed by atoms with Crippen molar-refractivity contribution < 1.29 is 0 Å². The molecule has 1 aromatic heterocycles. The minimum Gasteiger partial charge on any atom is -0.356 e. The van der Waals surface area contributed by atoms with E-state index in [1.54, 1.807) is 0 Å². The number of pyridine rings is 1. The highest BCUT2D eigenvalue weighted by atomic mass is 15.2. The van der Waals surface area contributed by atoms with Crippen LogP contribution in [-0.4, -0.2) is 25.1 Å². The van der Waals surface area contributed by atoms with Crippen LogP contribution in [0.4, 0.5) is 5.82 Å². The predicted octanol–water partition coefficient (Wildman–Crippen LogP) is 2.99. The molecule has 3 nitrogen and oxygen atoms in total. The fourth-order valence-corrected chi connectivity index (χ4v) is 2.03. The monoisotopic (exact) mass is 235 g/mol. The van der Waals surface area contributed by atoms with Crippen molar-refractivity contribution in [3.63, 3.8) is 0 Å². The minimum atomic E-state index is 0.343. The van der Waals surface area contributed by atoms with Crippen molar-refractivity contribution in [1.29, 1.82) is 0 Å². The Bertz CT molecular complexity index is 319. The Balaban J connectivity index is 2.99. The van der Waals surface area contributed by atoms with Gasteiger partial charge in [-0.2, -0.15) is 0 Å². The molecule has 17 heavy (non-hydrogen) atoms. The Labute approximate surface area is 105 Å². The van der Waals surface area contributed by atoms with E-state index in [0.717, 1.165) is 31.7 Å². The first-order valence-corrected chi connectivity index (χ1v) is 6.61.